The van der Waals surface area contributed by atoms with Crippen LogP contribution in [0.1, 0.15) is 27.4 Å². The maximum Gasteiger partial charge on any atom is 0.416 e. The molecule has 2 atom stereocenters. The first-order chi connectivity index (χ1) is 8.97. The third kappa shape index (κ3) is 1.93. The number of fused-ring (bicyclic) bond motifs is 3. The lowest BCUT2D eigenvalue weighted by atomic mass is 9.83. The number of amides is 1. The molecule has 3 nitrogen and oxygen atoms in total. The van der Waals surface area contributed by atoms with E-state index in [1.54, 1.807) is 18.5 Å². The van der Waals surface area contributed by atoms with Gasteiger partial charge in [0, 0.05) is 23.9 Å². The van der Waals surface area contributed by atoms with E-state index in [1.165, 1.54) is 6.07 Å². The normalized spacial score (nSPS) is 24.7. The molecule has 1 amide bonds. The standard InChI is InChI=1S/C13H9F3N2O/c14-13(15,16)7-1-2-8-9(5-7)12(19)18-11-3-4-17-6-10(8)11/h1-6,10-11H,(H,18,19)/t10-,11-/m1/s1. The first-order valence-electron chi connectivity index (χ1n) is 5.69. The second kappa shape index (κ2) is 3.94. The fourth-order valence-electron chi connectivity index (χ4n) is 2.36. The van der Waals surface area contributed by atoms with Crippen molar-refractivity contribution in [2.24, 2.45) is 4.99 Å². The van der Waals surface area contributed by atoms with Gasteiger partial charge in [-0.1, -0.05) is 6.07 Å². The zero-order chi connectivity index (χ0) is 13.6. The van der Waals surface area contributed by atoms with Crippen LogP contribution in [0.5, 0.6) is 0 Å². The molecule has 0 aromatic heterocycles. The van der Waals surface area contributed by atoms with Gasteiger partial charge in [0.1, 0.15) is 0 Å². The number of nitrogens with zero attached hydrogens (tertiary/aromatic N) is 1. The number of carbonyl (C=O) groups excluding carboxylic acids is 1. The Bertz CT molecular complexity index is 604. The number of hydrogen-bond donors (Lipinski definition) is 1. The predicted molar refractivity (Wildman–Crippen MR) is 63.1 cm³/mol. The van der Waals surface area contributed by atoms with Gasteiger partial charge in [-0.25, -0.2) is 0 Å². The Balaban J connectivity index is 2.11. The smallest absolute Gasteiger partial charge is 0.345 e. The predicted octanol–water partition coefficient (Wildman–Crippen LogP) is 2.50. The van der Waals surface area contributed by atoms with Gasteiger partial charge in [-0.2, -0.15) is 13.2 Å². The van der Waals surface area contributed by atoms with E-state index in [-0.39, 0.29) is 17.5 Å². The van der Waals surface area contributed by atoms with E-state index in [4.69, 9.17) is 0 Å². The van der Waals surface area contributed by atoms with Crippen LogP contribution >= 0.6 is 0 Å². The molecule has 0 saturated heterocycles. The number of hydrogen-bond acceptors (Lipinski definition) is 2. The molecule has 98 valence electrons. The number of rotatable bonds is 0. The minimum absolute atomic E-state index is 0.0674. The lowest BCUT2D eigenvalue weighted by Gasteiger charge is -2.31. The Hall–Kier alpha value is -2.11. The van der Waals surface area contributed by atoms with Crippen molar-refractivity contribution >= 4 is 12.1 Å². The van der Waals surface area contributed by atoms with Gasteiger partial charge in [0.25, 0.3) is 5.91 Å². The van der Waals surface area contributed by atoms with E-state index in [2.05, 4.69) is 10.3 Å². The van der Waals surface area contributed by atoms with Crippen LogP contribution < -0.4 is 5.32 Å². The minimum Gasteiger partial charge on any atom is -0.345 e. The van der Waals surface area contributed by atoms with Crippen LogP contribution in [0.25, 0.3) is 0 Å². The summed E-state index contributed by atoms with van der Waals surface area (Å²) in [5.74, 6) is -0.692. The van der Waals surface area contributed by atoms with E-state index < -0.39 is 17.6 Å². The quantitative estimate of drug-likeness (QED) is 0.770. The molecule has 0 radical (unpaired) electrons. The average Bonchev–Trinajstić information content (AvgIpc) is 2.37. The molecule has 19 heavy (non-hydrogen) atoms. The molecule has 0 saturated carbocycles. The van der Waals surface area contributed by atoms with E-state index in [9.17, 15) is 18.0 Å². The highest BCUT2D eigenvalue weighted by Crippen LogP contribution is 2.35. The molecule has 0 unspecified atom stereocenters. The second-order valence-corrected chi connectivity index (χ2v) is 4.46. The summed E-state index contributed by atoms with van der Waals surface area (Å²) in [5, 5.41) is 2.67. The summed E-state index contributed by atoms with van der Waals surface area (Å²) in [4.78, 5) is 15.8. The van der Waals surface area contributed by atoms with Crippen molar-refractivity contribution in [1.82, 2.24) is 5.32 Å². The molecule has 0 spiro atoms. The Labute approximate surface area is 106 Å². The average molecular weight is 266 g/mol. The largest absolute Gasteiger partial charge is 0.416 e. The van der Waals surface area contributed by atoms with E-state index in [0.29, 0.717) is 5.56 Å². The number of nitrogens with one attached hydrogen (secondary N) is 1. The molecule has 6 heteroatoms. The number of aliphatic imine (C=N–C) groups is 1. The Kier molecular flexibility index (Phi) is 2.48. The number of alkyl halides is 3. The van der Waals surface area contributed by atoms with Gasteiger partial charge < -0.3 is 5.32 Å². The number of carbonyl (C=O) groups is 1. The second-order valence-electron chi connectivity index (χ2n) is 4.46. The summed E-state index contributed by atoms with van der Waals surface area (Å²) in [6.45, 7) is 0. The molecule has 1 aromatic rings. The fraction of sp³-hybridized carbons (Fsp3) is 0.231. The van der Waals surface area contributed by atoms with Crippen molar-refractivity contribution in [1.29, 1.82) is 0 Å². The van der Waals surface area contributed by atoms with Crippen molar-refractivity contribution in [2.45, 2.75) is 18.1 Å². The van der Waals surface area contributed by atoms with Crippen molar-refractivity contribution in [2.75, 3.05) is 0 Å². The van der Waals surface area contributed by atoms with Crippen LogP contribution in [-0.4, -0.2) is 18.2 Å². The number of halogens is 3. The van der Waals surface area contributed by atoms with Crippen molar-refractivity contribution in [3.05, 3.63) is 47.2 Å². The summed E-state index contributed by atoms with van der Waals surface area (Å²) in [7, 11) is 0. The summed E-state index contributed by atoms with van der Waals surface area (Å²) in [6, 6.07) is 3.02. The van der Waals surface area contributed by atoms with Gasteiger partial charge in [-0.05, 0) is 23.8 Å². The third-order valence-corrected chi connectivity index (χ3v) is 3.30. The SMILES string of the molecule is O=C1N[C@@H]2C=CN=C[C@@H]2c2ccc(C(F)(F)F)cc21. The van der Waals surface area contributed by atoms with E-state index >= 15 is 0 Å². The van der Waals surface area contributed by atoms with Crippen LogP contribution in [0.15, 0.2) is 35.5 Å². The minimum atomic E-state index is -4.45. The molecule has 0 bridgehead atoms. The molecule has 0 fully saturated rings. The zero-order valence-electron chi connectivity index (χ0n) is 9.61. The zero-order valence-corrected chi connectivity index (χ0v) is 9.61. The van der Waals surface area contributed by atoms with Crippen LogP contribution in [0.3, 0.4) is 0 Å². The highest BCUT2D eigenvalue weighted by atomic mass is 19.4. The van der Waals surface area contributed by atoms with Gasteiger partial charge in [0.2, 0.25) is 0 Å². The highest BCUT2D eigenvalue weighted by Gasteiger charge is 2.36. The molecule has 2 aliphatic rings. The Morgan fingerprint density at radius 3 is 2.79 bits per heavy atom. The Morgan fingerprint density at radius 1 is 1.26 bits per heavy atom. The van der Waals surface area contributed by atoms with Gasteiger partial charge in [0.15, 0.2) is 0 Å². The van der Waals surface area contributed by atoms with Crippen LogP contribution in [0.4, 0.5) is 13.2 Å². The maximum atomic E-state index is 12.6. The topological polar surface area (TPSA) is 41.5 Å². The summed E-state index contributed by atoms with van der Waals surface area (Å²) >= 11 is 0. The van der Waals surface area contributed by atoms with Crippen molar-refractivity contribution in [3.8, 4) is 0 Å². The molecule has 2 heterocycles. The van der Waals surface area contributed by atoms with Crippen molar-refractivity contribution < 1.29 is 18.0 Å². The molecular weight excluding hydrogens is 257 g/mol. The summed E-state index contributed by atoms with van der Waals surface area (Å²) in [6.07, 6.45) is 0.475. The third-order valence-electron chi connectivity index (χ3n) is 3.30. The van der Waals surface area contributed by atoms with Gasteiger partial charge in [-0.3, -0.25) is 9.79 Å². The molecule has 1 aromatic carbocycles. The number of benzene rings is 1. The molecular formula is C13H9F3N2O. The highest BCUT2D eigenvalue weighted by molar-refractivity contribution is 6.00. The van der Waals surface area contributed by atoms with Crippen LogP contribution in [0, 0.1) is 0 Å². The van der Waals surface area contributed by atoms with Crippen LogP contribution in [0.2, 0.25) is 0 Å². The summed E-state index contributed by atoms with van der Waals surface area (Å²) < 4.78 is 37.9. The lowest BCUT2D eigenvalue weighted by molar-refractivity contribution is -0.137. The Morgan fingerprint density at radius 2 is 2.05 bits per heavy atom. The lowest BCUT2D eigenvalue weighted by Crippen LogP contribution is -2.44. The summed E-state index contributed by atoms with van der Waals surface area (Å²) in [5.41, 5.74) is -0.171. The van der Waals surface area contributed by atoms with Gasteiger partial charge in [-0.15, -0.1) is 0 Å². The maximum absolute atomic E-state index is 12.6. The fourth-order valence-corrected chi connectivity index (χ4v) is 2.36. The first kappa shape index (κ1) is 12.0. The first-order valence-corrected chi connectivity index (χ1v) is 5.69. The van der Waals surface area contributed by atoms with E-state index in [0.717, 1.165) is 12.1 Å². The van der Waals surface area contributed by atoms with Gasteiger partial charge in [0.05, 0.1) is 11.6 Å². The van der Waals surface area contributed by atoms with E-state index in [1.807, 2.05) is 0 Å². The van der Waals surface area contributed by atoms with Crippen LogP contribution in [-0.2, 0) is 6.18 Å². The molecule has 2 aliphatic heterocycles. The monoisotopic (exact) mass is 266 g/mol. The van der Waals surface area contributed by atoms with Gasteiger partial charge >= 0.3 is 6.18 Å². The molecule has 1 N–H and O–H groups in total. The molecule has 3 rings (SSSR count). The van der Waals surface area contributed by atoms with Crippen molar-refractivity contribution in [3.63, 3.8) is 0 Å². The molecule has 0 aliphatic carbocycles.